The summed E-state index contributed by atoms with van der Waals surface area (Å²) >= 11 is 1.66. The van der Waals surface area contributed by atoms with Crippen molar-refractivity contribution in [3.63, 3.8) is 0 Å². The molecule has 94 valence electrons. The number of nitrogens with zero attached hydrogens (tertiary/aromatic N) is 1. The van der Waals surface area contributed by atoms with Crippen molar-refractivity contribution in [2.75, 3.05) is 6.61 Å². The lowest BCUT2D eigenvalue weighted by Gasteiger charge is -2.60. The molecule has 1 aromatic rings. The van der Waals surface area contributed by atoms with Gasteiger partial charge in [0.1, 0.15) is 0 Å². The third kappa shape index (κ3) is 1.92. The molecule has 2 fully saturated rings. The van der Waals surface area contributed by atoms with Gasteiger partial charge in [-0.25, -0.2) is 4.98 Å². The number of fused-ring (bicyclic) bond motifs is 1. The second-order valence-corrected chi connectivity index (χ2v) is 6.48. The summed E-state index contributed by atoms with van der Waals surface area (Å²) in [5, 5.41) is 5.79. The predicted octanol–water partition coefficient (Wildman–Crippen LogP) is 2.44. The van der Waals surface area contributed by atoms with Crippen molar-refractivity contribution in [3.05, 3.63) is 16.6 Å². The zero-order chi connectivity index (χ0) is 11.9. The van der Waals surface area contributed by atoms with Crippen molar-refractivity contribution in [2.45, 2.75) is 45.4 Å². The Balaban J connectivity index is 1.62. The molecule has 0 bridgehead atoms. The Morgan fingerprint density at radius 2 is 2.47 bits per heavy atom. The van der Waals surface area contributed by atoms with Gasteiger partial charge in [-0.15, -0.1) is 11.3 Å². The molecule has 1 aromatic heterocycles. The second-order valence-electron chi connectivity index (χ2n) is 5.76. The molecule has 3 rings (SSSR count). The Morgan fingerprint density at radius 1 is 1.59 bits per heavy atom. The topological polar surface area (TPSA) is 34.2 Å². The molecule has 3 unspecified atom stereocenters. The number of hydrogen-bond acceptors (Lipinski definition) is 4. The molecule has 2 aliphatic rings. The highest BCUT2D eigenvalue weighted by Crippen LogP contribution is 2.51. The lowest BCUT2D eigenvalue weighted by atomic mass is 9.55. The van der Waals surface area contributed by atoms with E-state index in [1.165, 1.54) is 12.8 Å². The van der Waals surface area contributed by atoms with E-state index < -0.39 is 0 Å². The molecule has 0 amide bonds. The van der Waals surface area contributed by atoms with Crippen molar-refractivity contribution in [1.82, 2.24) is 10.3 Å². The average Bonchev–Trinajstić information content (AvgIpc) is 2.82. The zero-order valence-electron chi connectivity index (χ0n) is 10.5. The van der Waals surface area contributed by atoms with Gasteiger partial charge in [-0.05, 0) is 12.8 Å². The number of ether oxygens (including phenoxy) is 1. The molecule has 1 aliphatic carbocycles. The van der Waals surface area contributed by atoms with Gasteiger partial charge in [-0.1, -0.05) is 13.8 Å². The Labute approximate surface area is 107 Å². The van der Waals surface area contributed by atoms with Crippen LogP contribution in [-0.4, -0.2) is 23.7 Å². The van der Waals surface area contributed by atoms with Gasteiger partial charge in [0, 0.05) is 35.9 Å². The summed E-state index contributed by atoms with van der Waals surface area (Å²) in [5.41, 5.74) is 3.32. The van der Waals surface area contributed by atoms with Crippen LogP contribution in [0.15, 0.2) is 10.9 Å². The fourth-order valence-corrected chi connectivity index (χ4v) is 4.03. The van der Waals surface area contributed by atoms with Gasteiger partial charge in [-0.2, -0.15) is 0 Å². The van der Waals surface area contributed by atoms with Crippen LogP contribution in [0, 0.1) is 11.3 Å². The predicted molar refractivity (Wildman–Crippen MR) is 69.0 cm³/mol. The van der Waals surface area contributed by atoms with Crippen LogP contribution in [0.2, 0.25) is 0 Å². The number of nitrogens with one attached hydrogen (secondary N) is 1. The molecule has 17 heavy (non-hydrogen) atoms. The molecule has 2 heterocycles. The van der Waals surface area contributed by atoms with Gasteiger partial charge in [-0.3, -0.25) is 0 Å². The number of hydrogen-bond donors (Lipinski definition) is 1. The van der Waals surface area contributed by atoms with Crippen LogP contribution < -0.4 is 5.32 Å². The van der Waals surface area contributed by atoms with E-state index in [4.69, 9.17) is 4.74 Å². The van der Waals surface area contributed by atoms with Crippen LogP contribution in [0.4, 0.5) is 0 Å². The number of rotatable bonds is 3. The fourth-order valence-electron chi connectivity index (χ4n) is 3.48. The first-order valence-electron chi connectivity index (χ1n) is 6.41. The Morgan fingerprint density at radius 3 is 3.24 bits per heavy atom. The summed E-state index contributed by atoms with van der Waals surface area (Å²) in [5.74, 6) is 0.706. The molecule has 3 atom stereocenters. The highest BCUT2D eigenvalue weighted by Gasteiger charge is 2.57. The molecular formula is C13H20N2OS. The van der Waals surface area contributed by atoms with Crippen molar-refractivity contribution >= 4 is 11.3 Å². The first-order chi connectivity index (χ1) is 8.19. The molecule has 1 saturated carbocycles. The molecule has 0 aromatic carbocycles. The lowest BCUT2D eigenvalue weighted by Crippen LogP contribution is -2.69. The highest BCUT2D eigenvalue weighted by molar-refractivity contribution is 7.07. The minimum atomic E-state index is 0.265. The van der Waals surface area contributed by atoms with E-state index in [-0.39, 0.29) is 5.41 Å². The van der Waals surface area contributed by atoms with Gasteiger partial charge in [0.25, 0.3) is 0 Å². The molecule has 1 saturated heterocycles. The zero-order valence-corrected chi connectivity index (χ0v) is 11.3. The SMILES string of the molecule is CC1(C)C(NCc2cscn2)C2CCCOC21. The smallest absolute Gasteiger partial charge is 0.0795 e. The summed E-state index contributed by atoms with van der Waals surface area (Å²) in [6, 6.07) is 0.578. The van der Waals surface area contributed by atoms with Crippen LogP contribution in [0.1, 0.15) is 32.4 Å². The second kappa shape index (κ2) is 4.34. The molecular weight excluding hydrogens is 232 g/mol. The number of aromatic nitrogens is 1. The van der Waals surface area contributed by atoms with Crippen LogP contribution in [-0.2, 0) is 11.3 Å². The molecule has 0 spiro atoms. The van der Waals surface area contributed by atoms with E-state index in [1.807, 2.05) is 5.51 Å². The maximum Gasteiger partial charge on any atom is 0.0795 e. The van der Waals surface area contributed by atoms with Gasteiger partial charge in [0.05, 0.1) is 17.3 Å². The summed E-state index contributed by atoms with van der Waals surface area (Å²) < 4.78 is 5.91. The highest BCUT2D eigenvalue weighted by atomic mass is 32.1. The van der Waals surface area contributed by atoms with E-state index in [0.29, 0.717) is 18.1 Å². The Hall–Kier alpha value is -0.450. The lowest BCUT2D eigenvalue weighted by molar-refractivity contribution is -0.193. The quantitative estimate of drug-likeness (QED) is 0.897. The van der Waals surface area contributed by atoms with Crippen molar-refractivity contribution in [1.29, 1.82) is 0 Å². The summed E-state index contributed by atoms with van der Waals surface area (Å²) in [4.78, 5) is 4.32. The van der Waals surface area contributed by atoms with Crippen LogP contribution in [0.3, 0.4) is 0 Å². The first-order valence-corrected chi connectivity index (χ1v) is 7.36. The van der Waals surface area contributed by atoms with Crippen LogP contribution >= 0.6 is 11.3 Å². The van der Waals surface area contributed by atoms with E-state index in [1.54, 1.807) is 11.3 Å². The monoisotopic (exact) mass is 252 g/mol. The van der Waals surface area contributed by atoms with Gasteiger partial charge in [0.15, 0.2) is 0 Å². The van der Waals surface area contributed by atoms with E-state index in [9.17, 15) is 0 Å². The minimum absolute atomic E-state index is 0.265. The fraction of sp³-hybridized carbons (Fsp3) is 0.769. The molecule has 0 radical (unpaired) electrons. The molecule has 1 aliphatic heterocycles. The van der Waals surface area contributed by atoms with Gasteiger partial charge in [0.2, 0.25) is 0 Å². The van der Waals surface area contributed by atoms with Gasteiger partial charge < -0.3 is 10.1 Å². The summed E-state index contributed by atoms with van der Waals surface area (Å²) in [6.45, 7) is 6.47. The van der Waals surface area contributed by atoms with E-state index in [2.05, 4.69) is 29.5 Å². The third-order valence-electron chi connectivity index (χ3n) is 4.32. The molecule has 1 N–H and O–H groups in total. The maximum absolute atomic E-state index is 5.91. The summed E-state index contributed by atoms with van der Waals surface area (Å²) in [7, 11) is 0. The summed E-state index contributed by atoms with van der Waals surface area (Å²) in [6.07, 6.45) is 2.98. The van der Waals surface area contributed by atoms with Crippen LogP contribution in [0.25, 0.3) is 0 Å². The molecule has 3 nitrogen and oxygen atoms in total. The van der Waals surface area contributed by atoms with Crippen molar-refractivity contribution in [3.8, 4) is 0 Å². The van der Waals surface area contributed by atoms with Crippen molar-refractivity contribution in [2.24, 2.45) is 11.3 Å². The van der Waals surface area contributed by atoms with E-state index in [0.717, 1.165) is 18.8 Å². The van der Waals surface area contributed by atoms with Gasteiger partial charge >= 0.3 is 0 Å². The average molecular weight is 252 g/mol. The first kappa shape index (κ1) is 11.6. The largest absolute Gasteiger partial charge is 0.377 e. The standard InChI is InChI=1S/C13H20N2OS/c1-13(2)11(10-4-3-5-16-12(10)13)14-6-9-7-17-8-15-9/h7-8,10-12,14H,3-6H2,1-2H3. The normalized spacial score (nSPS) is 35.1. The Bertz CT molecular complexity index is 377. The van der Waals surface area contributed by atoms with Crippen LogP contribution in [0.5, 0.6) is 0 Å². The third-order valence-corrected chi connectivity index (χ3v) is 4.95. The number of thiazole rings is 1. The minimum Gasteiger partial charge on any atom is -0.377 e. The Kier molecular flexibility index (Phi) is 2.97. The maximum atomic E-state index is 5.91. The van der Waals surface area contributed by atoms with E-state index >= 15 is 0 Å². The molecule has 4 heteroatoms. The van der Waals surface area contributed by atoms with Crippen molar-refractivity contribution < 1.29 is 4.74 Å².